The quantitative estimate of drug-likeness (QED) is 0.764. The van der Waals surface area contributed by atoms with Gasteiger partial charge in [0.1, 0.15) is 6.04 Å². The molecular weight excluding hydrogens is 326 g/mol. The lowest BCUT2D eigenvalue weighted by atomic mass is 10.1. The number of para-hydroxylation sites is 1. The van der Waals surface area contributed by atoms with Crippen molar-refractivity contribution in [2.24, 2.45) is 0 Å². The third kappa shape index (κ3) is 4.44. The summed E-state index contributed by atoms with van der Waals surface area (Å²) in [5.74, 6) is 0.0352. The van der Waals surface area contributed by atoms with Crippen LogP contribution >= 0.6 is 0 Å². The molecule has 1 fully saturated rings. The Morgan fingerprint density at radius 1 is 1.15 bits per heavy atom. The zero-order chi connectivity index (χ0) is 18.4. The number of benzene rings is 1. The first-order valence-corrected chi connectivity index (χ1v) is 10.1. The van der Waals surface area contributed by atoms with Gasteiger partial charge >= 0.3 is 0 Å². The highest BCUT2D eigenvalue weighted by Gasteiger charge is 2.32. The number of nitrogens with one attached hydrogen (secondary N) is 1. The number of aryl methyl sites for hydroxylation is 1. The third-order valence-corrected chi connectivity index (χ3v) is 5.51. The van der Waals surface area contributed by atoms with Crippen molar-refractivity contribution in [3.05, 3.63) is 29.8 Å². The Bertz CT molecular complexity index is 625. The molecule has 1 aromatic carbocycles. The molecule has 1 N–H and O–H groups in total. The van der Waals surface area contributed by atoms with Crippen LogP contribution in [0.4, 0.5) is 5.69 Å². The minimum Gasteiger partial charge on any atom is -0.354 e. The maximum absolute atomic E-state index is 12.8. The number of rotatable bonds is 7. The van der Waals surface area contributed by atoms with Crippen LogP contribution in [-0.2, 0) is 16.0 Å². The Morgan fingerprint density at radius 3 is 2.69 bits per heavy atom. The first-order chi connectivity index (χ1) is 12.7. The highest BCUT2D eigenvalue weighted by atomic mass is 16.2. The van der Waals surface area contributed by atoms with Crippen LogP contribution in [0.5, 0.6) is 0 Å². The summed E-state index contributed by atoms with van der Waals surface area (Å²) < 4.78 is 0. The summed E-state index contributed by atoms with van der Waals surface area (Å²) in [6, 6.07) is 7.58. The third-order valence-electron chi connectivity index (χ3n) is 5.51. The molecule has 5 nitrogen and oxygen atoms in total. The largest absolute Gasteiger partial charge is 0.354 e. The predicted octanol–water partition coefficient (Wildman–Crippen LogP) is 2.74. The molecule has 0 radical (unpaired) electrons. The van der Waals surface area contributed by atoms with E-state index in [1.54, 1.807) is 4.90 Å². The molecule has 0 spiro atoms. The molecule has 0 unspecified atom stereocenters. The van der Waals surface area contributed by atoms with E-state index in [1.165, 1.54) is 31.5 Å². The van der Waals surface area contributed by atoms with Crippen LogP contribution < -0.4 is 10.2 Å². The van der Waals surface area contributed by atoms with E-state index in [2.05, 4.69) is 16.3 Å². The van der Waals surface area contributed by atoms with Gasteiger partial charge in [0.05, 0.1) is 0 Å². The number of hydrogen-bond donors (Lipinski definition) is 1. The van der Waals surface area contributed by atoms with E-state index in [0.29, 0.717) is 19.4 Å². The van der Waals surface area contributed by atoms with Gasteiger partial charge in [-0.25, -0.2) is 0 Å². The van der Waals surface area contributed by atoms with Gasteiger partial charge in [-0.15, -0.1) is 0 Å². The summed E-state index contributed by atoms with van der Waals surface area (Å²) >= 11 is 0. The minimum absolute atomic E-state index is 0.0287. The summed E-state index contributed by atoms with van der Waals surface area (Å²) in [5.41, 5.74) is 2.08. The summed E-state index contributed by atoms with van der Waals surface area (Å²) in [7, 11) is 0. The maximum Gasteiger partial charge on any atom is 0.243 e. The molecule has 26 heavy (non-hydrogen) atoms. The lowest BCUT2D eigenvalue weighted by Crippen LogP contribution is -2.50. The van der Waals surface area contributed by atoms with Crippen LogP contribution in [0.15, 0.2) is 24.3 Å². The average Bonchev–Trinajstić information content (AvgIpc) is 3.11. The van der Waals surface area contributed by atoms with Gasteiger partial charge in [-0.1, -0.05) is 25.1 Å². The molecule has 3 rings (SSSR count). The molecule has 1 saturated heterocycles. The van der Waals surface area contributed by atoms with E-state index in [-0.39, 0.29) is 11.8 Å². The Balaban J connectivity index is 1.62. The average molecular weight is 357 g/mol. The molecule has 1 aromatic rings. The smallest absolute Gasteiger partial charge is 0.243 e. The molecule has 5 heteroatoms. The molecule has 0 saturated carbocycles. The van der Waals surface area contributed by atoms with Gasteiger partial charge in [0.2, 0.25) is 11.8 Å². The van der Waals surface area contributed by atoms with Gasteiger partial charge in [0, 0.05) is 18.7 Å². The van der Waals surface area contributed by atoms with Crippen molar-refractivity contribution >= 4 is 17.5 Å². The zero-order valence-electron chi connectivity index (χ0n) is 15.9. The first-order valence-electron chi connectivity index (χ1n) is 10.1. The lowest BCUT2D eigenvalue weighted by molar-refractivity contribution is -0.126. The van der Waals surface area contributed by atoms with Gasteiger partial charge in [-0.2, -0.15) is 0 Å². The van der Waals surface area contributed by atoms with Gasteiger partial charge < -0.3 is 10.2 Å². The van der Waals surface area contributed by atoms with Crippen molar-refractivity contribution in [2.75, 3.05) is 31.1 Å². The number of fused-ring (bicyclic) bond motifs is 1. The monoisotopic (exact) mass is 357 g/mol. The topological polar surface area (TPSA) is 52.7 Å². The van der Waals surface area contributed by atoms with E-state index in [0.717, 1.165) is 31.5 Å². The van der Waals surface area contributed by atoms with Gasteiger partial charge in [-0.05, 0) is 69.8 Å². The number of amides is 2. The van der Waals surface area contributed by atoms with E-state index < -0.39 is 6.04 Å². The Kier molecular flexibility index (Phi) is 6.67. The molecular formula is C21H31N3O2. The van der Waals surface area contributed by atoms with E-state index in [1.807, 2.05) is 25.1 Å². The second-order valence-corrected chi connectivity index (χ2v) is 7.36. The van der Waals surface area contributed by atoms with Crippen molar-refractivity contribution in [3.8, 4) is 0 Å². The zero-order valence-corrected chi connectivity index (χ0v) is 15.9. The number of anilines is 1. The molecule has 0 bridgehead atoms. The van der Waals surface area contributed by atoms with Crippen molar-refractivity contribution in [1.82, 2.24) is 10.2 Å². The number of nitrogens with zero attached hydrogens (tertiary/aromatic N) is 2. The molecule has 2 aliphatic heterocycles. The SMILES string of the molecule is CC[C@@H](C(=O)NCCCN1CCCC1)N1C(=O)CCCc2ccccc21. The maximum atomic E-state index is 12.8. The van der Waals surface area contributed by atoms with Crippen molar-refractivity contribution in [1.29, 1.82) is 0 Å². The molecule has 2 heterocycles. The van der Waals surface area contributed by atoms with Crippen molar-refractivity contribution < 1.29 is 9.59 Å². The summed E-state index contributed by atoms with van der Waals surface area (Å²) in [6.07, 6.45) is 6.42. The number of likely N-dealkylation sites (tertiary alicyclic amines) is 1. The summed E-state index contributed by atoms with van der Waals surface area (Å²) in [5, 5.41) is 3.07. The molecule has 0 aromatic heterocycles. The number of carbonyl (C=O) groups excluding carboxylic acids is 2. The highest BCUT2D eigenvalue weighted by Crippen LogP contribution is 2.29. The minimum atomic E-state index is -0.423. The van der Waals surface area contributed by atoms with E-state index >= 15 is 0 Å². The first kappa shape index (κ1) is 18.9. The van der Waals surface area contributed by atoms with Crippen LogP contribution in [0.1, 0.15) is 51.0 Å². The second-order valence-electron chi connectivity index (χ2n) is 7.36. The van der Waals surface area contributed by atoms with Crippen molar-refractivity contribution in [3.63, 3.8) is 0 Å². The lowest BCUT2D eigenvalue weighted by Gasteiger charge is -2.30. The molecule has 2 amide bonds. The van der Waals surface area contributed by atoms with Crippen LogP contribution in [0, 0.1) is 0 Å². The van der Waals surface area contributed by atoms with Crippen LogP contribution in [0.3, 0.4) is 0 Å². The fraction of sp³-hybridized carbons (Fsp3) is 0.619. The van der Waals surface area contributed by atoms with Crippen LogP contribution in [0.2, 0.25) is 0 Å². The molecule has 2 aliphatic rings. The standard InChI is InChI=1S/C21H31N3O2/c1-2-18(21(26)22-13-8-16-23-14-5-6-15-23)24-19-11-4-3-9-17(19)10-7-12-20(24)25/h3-4,9,11,18H,2,5-8,10,12-16H2,1H3,(H,22,26)/t18-/m0/s1. The van der Waals surface area contributed by atoms with Crippen LogP contribution in [0.25, 0.3) is 0 Å². The fourth-order valence-electron chi connectivity index (χ4n) is 4.11. The van der Waals surface area contributed by atoms with Crippen LogP contribution in [-0.4, -0.2) is 48.9 Å². The second kappa shape index (κ2) is 9.17. The Hall–Kier alpha value is -1.88. The van der Waals surface area contributed by atoms with Crippen molar-refractivity contribution in [2.45, 2.75) is 57.9 Å². The van der Waals surface area contributed by atoms with Gasteiger partial charge in [0.25, 0.3) is 0 Å². The Labute approximate surface area is 156 Å². The summed E-state index contributed by atoms with van der Waals surface area (Å²) in [4.78, 5) is 29.7. The van der Waals surface area contributed by atoms with Gasteiger partial charge in [0.15, 0.2) is 0 Å². The molecule has 142 valence electrons. The fourth-order valence-corrected chi connectivity index (χ4v) is 4.11. The highest BCUT2D eigenvalue weighted by molar-refractivity contribution is 6.01. The van der Waals surface area contributed by atoms with E-state index in [4.69, 9.17) is 0 Å². The number of carbonyl (C=O) groups is 2. The molecule has 1 atom stereocenters. The summed E-state index contributed by atoms with van der Waals surface area (Å²) in [6.45, 7) is 6.07. The Morgan fingerprint density at radius 2 is 1.92 bits per heavy atom. The van der Waals surface area contributed by atoms with Gasteiger partial charge in [-0.3, -0.25) is 14.5 Å². The van der Waals surface area contributed by atoms with E-state index in [9.17, 15) is 9.59 Å². The normalized spacial score (nSPS) is 19.1. The predicted molar refractivity (Wildman–Crippen MR) is 104 cm³/mol. The number of hydrogen-bond acceptors (Lipinski definition) is 3. The molecule has 0 aliphatic carbocycles.